The Morgan fingerprint density at radius 1 is 0.415 bits per heavy atom. The van der Waals surface area contributed by atoms with Gasteiger partial charge in [-0.3, -0.25) is 4.55 Å². The van der Waals surface area contributed by atoms with Gasteiger partial charge in [0.2, 0.25) is 0 Å². The van der Waals surface area contributed by atoms with E-state index in [4.69, 9.17) is 0 Å². The number of benzene rings is 6. The molecule has 6 aromatic rings. The van der Waals surface area contributed by atoms with Crippen molar-refractivity contribution in [1.29, 1.82) is 0 Å². The van der Waals surface area contributed by atoms with Gasteiger partial charge < -0.3 is 10.2 Å². The maximum Gasteiger partial charge on any atom is 0.295 e. The molecule has 53 heavy (non-hydrogen) atoms. The normalized spacial score (nSPS) is 12.3. The number of hydrogen-bond donors (Lipinski definition) is 3. The minimum Gasteiger partial charge on any atom is -0.508 e. The predicted octanol–water partition coefficient (Wildman–Crippen LogP) is 12.5. The van der Waals surface area contributed by atoms with Crippen molar-refractivity contribution in [2.24, 2.45) is 40.9 Å². The van der Waals surface area contributed by atoms with Gasteiger partial charge in [-0.25, -0.2) is 0 Å². The van der Waals surface area contributed by atoms with Crippen LogP contribution in [0.1, 0.15) is 16.7 Å². The summed E-state index contributed by atoms with van der Waals surface area (Å²) >= 11 is 0. The molecule has 0 aromatic heterocycles. The van der Waals surface area contributed by atoms with Crippen LogP contribution in [0.3, 0.4) is 0 Å². The van der Waals surface area contributed by atoms with Crippen LogP contribution in [0.15, 0.2) is 179 Å². The highest BCUT2D eigenvalue weighted by Crippen LogP contribution is 2.29. The number of hydrogen-bond acceptors (Lipinski definition) is 12. The molecule has 0 unspecified atom stereocenters. The van der Waals surface area contributed by atoms with E-state index in [1.807, 2.05) is 19.1 Å². The van der Waals surface area contributed by atoms with Crippen LogP contribution in [0.2, 0.25) is 0 Å². The van der Waals surface area contributed by atoms with Gasteiger partial charge >= 0.3 is 0 Å². The Hall–Kier alpha value is -7.03. The summed E-state index contributed by atoms with van der Waals surface area (Å²) in [6, 6.07) is 36.4. The highest BCUT2D eigenvalue weighted by Gasteiger charge is 2.15. The van der Waals surface area contributed by atoms with Crippen LogP contribution in [0.4, 0.5) is 45.5 Å². The Bertz CT molecular complexity index is 2480. The number of aromatic hydroxyl groups is 2. The minimum absolute atomic E-state index is 0.140. The molecular formula is C39H30N8O5S. The lowest BCUT2D eigenvalue weighted by Crippen LogP contribution is -2.00. The van der Waals surface area contributed by atoms with Gasteiger partial charge in [0.1, 0.15) is 16.4 Å². The zero-order valence-corrected chi connectivity index (χ0v) is 28.8. The number of phenolic OH excluding ortho intramolecular Hbond substituents is 2. The van der Waals surface area contributed by atoms with E-state index in [1.165, 1.54) is 30.3 Å². The molecule has 6 aromatic carbocycles. The van der Waals surface area contributed by atoms with Gasteiger partial charge in [-0.2, -0.15) is 49.3 Å². The van der Waals surface area contributed by atoms with Crippen LogP contribution in [-0.4, -0.2) is 23.2 Å². The van der Waals surface area contributed by atoms with Crippen LogP contribution in [-0.2, 0) is 10.1 Å². The quantitative estimate of drug-likeness (QED) is 0.0678. The topological polar surface area (TPSA) is 194 Å². The summed E-state index contributed by atoms with van der Waals surface area (Å²) < 4.78 is 34.6. The summed E-state index contributed by atoms with van der Waals surface area (Å²) in [7, 11) is -4.59. The molecule has 6 rings (SSSR count). The van der Waals surface area contributed by atoms with Gasteiger partial charge in [0.15, 0.2) is 0 Å². The molecule has 0 aliphatic rings. The van der Waals surface area contributed by atoms with Crippen molar-refractivity contribution in [1.82, 2.24) is 0 Å². The van der Waals surface area contributed by atoms with Gasteiger partial charge in [0.05, 0.1) is 45.5 Å². The molecule has 262 valence electrons. The fourth-order valence-electron chi connectivity index (χ4n) is 4.71. The minimum atomic E-state index is -4.59. The van der Waals surface area contributed by atoms with E-state index in [9.17, 15) is 23.2 Å². The van der Waals surface area contributed by atoms with Crippen molar-refractivity contribution in [2.75, 3.05) is 0 Å². The van der Waals surface area contributed by atoms with Crippen LogP contribution in [0.25, 0.3) is 12.2 Å². The van der Waals surface area contributed by atoms with E-state index < -0.39 is 10.1 Å². The molecule has 0 fully saturated rings. The zero-order chi connectivity index (χ0) is 37.2. The Balaban J connectivity index is 1.09. The van der Waals surface area contributed by atoms with E-state index in [2.05, 4.69) is 40.9 Å². The third-order valence-corrected chi connectivity index (χ3v) is 8.40. The van der Waals surface area contributed by atoms with E-state index in [1.54, 1.807) is 103 Å². The predicted molar refractivity (Wildman–Crippen MR) is 202 cm³/mol. The van der Waals surface area contributed by atoms with Gasteiger partial charge in [0.25, 0.3) is 10.1 Å². The molecule has 0 heterocycles. The summed E-state index contributed by atoms with van der Waals surface area (Å²) in [5.74, 6) is 0.298. The highest BCUT2D eigenvalue weighted by atomic mass is 32.2. The lowest BCUT2D eigenvalue weighted by Gasteiger charge is -2.05. The molecule has 0 saturated carbocycles. The van der Waals surface area contributed by atoms with Crippen molar-refractivity contribution in [2.45, 2.75) is 11.8 Å². The third-order valence-electron chi connectivity index (χ3n) is 7.49. The Morgan fingerprint density at radius 3 is 1.06 bits per heavy atom. The summed E-state index contributed by atoms with van der Waals surface area (Å²) in [6.45, 7) is 1.89. The maximum absolute atomic E-state index is 12.3. The van der Waals surface area contributed by atoms with Crippen molar-refractivity contribution in [3.8, 4) is 11.5 Å². The Labute approximate surface area is 304 Å². The lowest BCUT2D eigenvalue weighted by atomic mass is 10.1. The molecule has 0 aliphatic carbocycles. The fraction of sp³-hybridized carbons (Fsp3) is 0.0256. The first-order valence-corrected chi connectivity index (χ1v) is 17.4. The molecule has 0 amide bonds. The summed E-state index contributed by atoms with van der Waals surface area (Å²) in [5.41, 5.74) is 6.32. The summed E-state index contributed by atoms with van der Waals surface area (Å²) in [5, 5.41) is 52.3. The third kappa shape index (κ3) is 10.3. The van der Waals surface area contributed by atoms with Crippen molar-refractivity contribution in [3.05, 3.63) is 150 Å². The first-order chi connectivity index (χ1) is 25.6. The average Bonchev–Trinajstić information content (AvgIpc) is 3.16. The SMILES string of the molecule is Cc1cc(N=Nc2ccc(N=Nc3ccc(O)cc3)cc2)ccc1/C=C\c1ccc(N=Nc2ccc(N=Nc3ccc(O)cc3)cc2)cc1S(=O)(=O)O. The first-order valence-electron chi connectivity index (χ1n) is 15.9. The zero-order valence-electron chi connectivity index (χ0n) is 28.0. The smallest absolute Gasteiger partial charge is 0.295 e. The molecule has 13 nitrogen and oxygen atoms in total. The number of rotatable bonds is 11. The van der Waals surface area contributed by atoms with Gasteiger partial charge in [-0.15, -0.1) is 0 Å². The molecule has 0 bridgehead atoms. The summed E-state index contributed by atoms with van der Waals surface area (Å²) in [4.78, 5) is -0.314. The standard InChI is InChI=1S/C39H30N8O5S/c1-26-24-35(46-44-31-12-8-29(9-13-31)40-42-33-16-20-37(48)21-17-33)6-4-27(26)2-3-28-5-7-36(25-39(28)53(50,51)52)47-45-32-14-10-30(11-15-32)41-43-34-18-22-38(49)23-19-34/h2-25,48-49H,1H3,(H,50,51,52)/b3-2-,42-40?,43-41?,46-44?,47-45?. The van der Waals surface area contributed by atoms with Gasteiger partial charge in [0, 0.05) is 0 Å². The van der Waals surface area contributed by atoms with Crippen LogP contribution >= 0.6 is 0 Å². The summed E-state index contributed by atoms with van der Waals surface area (Å²) in [6.07, 6.45) is 3.34. The molecular weight excluding hydrogens is 693 g/mol. The molecule has 0 saturated heterocycles. The molecule has 0 radical (unpaired) electrons. The monoisotopic (exact) mass is 722 g/mol. The van der Waals surface area contributed by atoms with Crippen molar-refractivity contribution < 1.29 is 23.2 Å². The fourth-order valence-corrected chi connectivity index (χ4v) is 5.41. The lowest BCUT2D eigenvalue weighted by molar-refractivity contribution is 0.475. The Morgan fingerprint density at radius 2 is 0.698 bits per heavy atom. The first kappa shape index (κ1) is 35.8. The second kappa shape index (κ2) is 16.3. The van der Waals surface area contributed by atoms with Crippen LogP contribution in [0.5, 0.6) is 11.5 Å². The van der Waals surface area contributed by atoms with E-state index >= 15 is 0 Å². The van der Waals surface area contributed by atoms with E-state index in [-0.39, 0.29) is 27.6 Å². The molecule has 0 spiro atoms. The maximum atomic E-state index is 12.3. The number of nitrogens with zero attached hydrogens (tertiary/aromatic N) is 8. The second-order valence-corrected chi connectivity index (χ2v) is 12.8. The Kier molecular flexibility index (Phi) is 11.0. The van der Waals surface area contributed by atoms with E-state index in [0.29, 0.717) is 39.8 Å². The van der Waals surface area contributed by atoms with Gasteiger partial charge in [-0.1, -0.05) is 24.3 Å². The van der Waals surface area contributed by atoms with Crippen molar-refractivity contribution in [3.63, 3.8) is 0 Å². The average molecular weight is 723 g/mol. The van der Waals surface area contributed by atoms with Crippen molar-refractivity contribution >= 4 is 67.8 Å². The van der Waals surface area contributed by atoms with Crippen LogP contribution in [0, 0.1) is 6.92 Å². The van der Waals surface area contributed by atoms with Gasteiger partial charge in [-0.05, 0) is 145 Å². The molecule has 0 aliphatic heterocycles. The number of phenols is 2. The highest BCUT2D eigenvalue weighted by molar-refractivity contribution is 7.86. The second-order valence-electron chi connectivity index (χ2n) is 11.4. The molecule has 3 N–H and O–H groups in total. The van der Waals surface area contributed by atoms with E-state index in [0.717, 1.165) is 11.1 Å². The molecule has 14 heteroatoms. The largest absolute Gasteiger partial charge is 0.508 e. The van der Waals surface area contributed by atoms with Crippen LogP contribution < -0.4 is 0 Å². The number of azo groups is 4. The molecule has 0 atom stereocenters. The number of aryl methyl sites for hydroxylation is 1.